The van der Waals surface area contributed by atoms with Gasteiger partial charge in [0.1, 0.15) is 0 Å². The first-order valence-electron chi connectivity index (χ1n) is 9.86. The van der Waals surface area contributed by atoms with Gasteiger partial charge >= 0.3 is 0 Å². The van der Waals surface area contributed by atoms with Crippen molar-refractivity contribution in [2.45, 2.75) is 45.7 Å². The Bertz CT molecular complexity index is 1130. The van der Waals surface area contributed by atoms with E-state index in [1.165, 1.54) is 0 Å². The molecule has 0 spiro atoms. The van der Waals surface area contributed by atoms with E-state index in [2.05, 4.69) is 24.8 Å². The van der Waals surface area contributed by atoms with Gasteiger partial charge < -0.3 is 4.98 Å². The second-order valence-electron chi connectivity index (χ2n) is 7.52. The first kappa shape index (κ1) is 17.2. The van der Waals surface area contributed by atoms with Crippen molar-refractivity contribution in [3.63, 3.8) is 0 Å². The molecular formula is C20H23N7O. The number of aromatic nitrogens is 5. The number of aryl methyl sites for hydroxylation is 1. The van der Waals surface area contributed by atoms with E-state index >= 15 is 0 Å². The fourth-order valence-corrected chi connectivity index (χ4v) is 4.09. The normalized spacial score (nSPS) is 17.5. The molecule has 0 saturated carbocycles. The molecule has 0 bridgehead atoms. The van der Waals surface area contributed by atoms with Gasteiger partial charge in [-0.1, -0.05) is 0 Å². The van der Waals surface area contributed by atoms with Crippen LogP contribution in [-0.4, -0.2) is 48.0 Å². The summed E-state index contributed by atoms with van der Waals surface area (Å²) in [5.74, 6) is 1.38. The maximum absolute atomic E-state index is 12.7. The lowest BCUT2D eigenvalue weighted by Crippen LogP contribution is -2.36. The average molecular weight is 377 g/mol. The molecule has 0 aliphatic carbocycles. The fourth-order valence-electron chi connectivity index (χ4n) is 4.09. The molecule has 8 nitrogen and oxygen atoms in total. The number of rotatable bonds is 3. The smallest absolute Gasteiger partial charge is 0.255 e. The number of fused-ring (bicyclic) bond motifs is 2. The topological polar surface area (TPSA) is 91.5 Å². The predicted molar refractivity (Wildman–Crippen MR) is 106 cm³/mol. The van der Waals surface area contributed by atoms with E-state index < -0.39 is 0 Å². The van der Waals surface area contributed by atoms with Crippen LogP contribution in [0.1, 0.15) is 47.7 Å². The number of aliphatic imine (C=N–C) groups is 1. The Morgan fingerprint density at radius 2 is 2.14 bits per heavy atom. The van der Waals surface area contributed by atoms with Gasteiger partial charge in [0.25, 0.3) is 5.56 Å². The molecule has 3 aromatic rings. The number of aromatic amines is 1. The molecule has 5 rings (SSSR count). The summed E-state index contributed by atoms with van der Waals surface area (Å²) in [7, 11) is 0. The number of hydrogen-bond acceptors (Lipinski definition) is 6. The SMILES string of the molecule is Cc1nc2ncccn2c1CN1CCc2nc(C3=NCCCC3)[nH]c(=O)c2C1. The molecule has 3 aromatic heterocycles. The predicted octanol–water partition coefficient (Wildman–Crippen LogP) is 1.65. The van der Waals surface area contributed by atoms with Crippen molar-refractivity contribution >= 4 is 11.5 Å². The highest BCUT2D eigenvalue weighted by molar-refractivity contribution is 5.97. The van der Waals surface area contributed by atoms with Gasteiger partial charge in [-0.05, 0) is 32.3 Å². The largest absolute Gasteiger partial charge is 0.305 e. The van der Waals surface area contributed by atoms with Gasteiger partial charge in [-0.15, -0.1) is 0 Å². The summed E-state index contributed by atoms with van der Waals surface area (Å²) >= 11 is 0. The van der Waals surface area contributed by atoms with Crippen molar-refractivity contribution < 1.29 is 0 Å². The van der Waals surface area contributed by atoms with Gasteiger partial charge in [-0.3, -0.25) is 19.1 Å². The molecule has 0 atom stereocenters. The van der Waals surface area contributed by atoms with E-state index in [0.29, 0.717) is 18.1 Å². The van der Waals surface area contributed by atoms with Crippen LogP contribution >= 0.6 is 0 Å². The molecule has 2 aliphatic heterocycles. The van der Waals surface area contributed by atoms with Crippen LogP contribution in [0.2, 0.25) is 0 Å². The van der Waals surface area contributed by atoms with Crippen LogP contribution in [0.3, 0.4) is 0 Å². The molecule has 8 heteroatoms. The summed E-state index contributed by atoms with van der Waals surface area (Å²) in [6, 6.07) is 1.91. The van der Waals surface area contributed by atoms with Crippen molar-refractivity contribution in [3.8, 4) is 0 Å². The molecule has 0 saturated heterocycles. The van der Waals surface area contributed by atoms with Crippen LogP contribution in [0.15, 0.2) is 28.2 Å². The van der Waals surface area contributed by atoms with Crippen molar-refractivity contribution in [2.75, 3.05) is 13.1 Å². The Morgan fingerprint density at radius 1 is 1.21 bits per heavy atom. The Kier molecular flexibility index (Phi) is 4.27. The summed E-state index contributed by atoms with van der Waals surface area (Å²) in [6.45, 7) is 5.02. The highest BCUT2D eigenvalue weighted by atomic mass is 16.1. The molecule has 1 N–H and O–H groups in total. The minimum Gasteiger partial charge on any atom is -0.305 e. The van der Waals surface area contributed by atoms with E-state index in [0.717, 1.165) is 73.7 Å². The molecule has 0 amide bonds. The van der Waals surface area contributed by atoms with E-state index in [1.54, 1.807) is 6.20 Å². The van der Waals surface area contributed by atoms with Crippen LogP contribution in [0.5, 0.6) is 0 Å². The van der Waals surface area contributed by atoms with Crippen molar-refractivity contribution in [1.82, 2.24) is 29.2 Å². The van der Waals surface area contributed by atoms with Crippen molar-refractivity contribution in [1.29, 1.82) is 0 Å². The third kappa shape index (κ3) is 3.03. The van der Waals surface area contributed by atoms with Crippen LogP contribution in [0.25, 0.3) is 5.78 Å². The molecule has 28 heavy (non-hydrogen) atoms. The van der Waals surface area contributed by atoms with Crippen LogP contribution < -0.4 is 5.56 Å². The lowest BCUT2D eigenvalue weighted by Gasteiger charge is -2.27. The van der Waals surface area contributed by atoms with Crippen molar-refractivity contribution in [2.24, 2.45) is 4.99 Å². The Balaban J connectivity index is 1.41. The number of hydrogen-bond donors (Lipinski definition) is 1. The maximum Gasteiger partial charge on any atom is 0.255 e. The molecule has 0 radical (unpaired) electrons. The van der Waals surface area contributed by atoms with E-state index in [4.69, 9.17) is 4.98 Å². The summed E-state index contributed by atoms with van der Waals surface area (Å²) in [5, 5.41) is 0. The van der Waals surface area contributed by atoms with Gasteiger partial charge in [0.15, 0.2) is 5.82 Å². The first-order valence-corrected chi connectivity index (χ1v) is 9.86. The number of nitrogens with zero attached hydrogens (tertiary/aromatic N) is 6. The van der Waals surface area contributed by atoms with Crippen molar-refractivity contribution in [3.05, 3.63) is 57.3 Å². The third-order valence-electron chi connectivity index (χ3n) is 5.62. The summed E-state index contributed by atoms with van der Waals surface area (Å²) < 4.78 is 2.03. The molecule has 0 unspecified atom stereocenters. The quantitative estimate of drug-likeness (QED) is 0.749. The van der Waals surface area contributed by atoms with E-state index in [9.17, 15) is 4.79 Å². The fraction of sp³-hybridized carbons (Fsp3) is 0.450. The maximum atomic E-state index is 12.7. The van der Waals surface area contributed by atoms with Gasteiger partial charge in [0.05, 0.1) is 28.4 Å². The molecule has 144 valence electrons. The number of H-pyrrole nitrogens is 1. The van der Waals surface area contributed by atoms with E-state index in [-0.39, 0.29) is 5.56 Å². The third-order valence-corrected chi connectivity index (χ3v) is 5.62. The lowest BCUT2D eigenvalue weighted by atomic mass is 10.0. The molecule has 5 heterocycles. The van der Waals surface area contributed by atoms with Gasteiger partial charge in [-0.25, -0.2) is 15.0 Å². The van der Waals surface area contributed by atoms with Gasteiger partial charge in [-0.2, -0.15) is 0 Å². The second kappa shape index (κ2) is 6.94. The monoisotopic (exact) mass is 377 g/mol. The zero-order valence-corrected chi connectivity index (χ0v) is 16.0. The minimum atomic E-state index is -0.0329. The highest BCUT2D eigenvalue weighted by Gasteiger charge is 2.24. The molecule has 0 aromatic carbocycles. The molecular weight excluding hydrogens is 354 g/mol. The minimum absolute atomic E-state index is 0.0329. The van der Waals surface area contributed by atoms with Crippen LogP contribution in [0, 0.1) is 6.92 Å². The zero-order valence-electron chi connectivity index (χ0n) is 16.0. The lowest BCUT2D eigenvalue weighted by molar-refractivity contribution is 0.237. The van der Waals surface area contributed by atoms with Crippen LogP contribution in [-0.2, 0) is 19.5 Å². The Labute approximate surface area is 162 Å². The number of imidazole rings is 1. The number of nitrogens with one attached hydrogen (secondary N) is 1. The van der Waals surface area contributed by atoms with Crippen LogP contribution in [0.4, 0.5) is 0 Å². The summed E-state index contributed by atoms with van der Waals surface area (Å²) in [4.78, 5) is 36.2. The van der Waals surface area contributed by atoms with E-state index in [1.807, 2.05) is 23.6 Å². The Morgan fingerprint density at radius 3 is 3.00 bits per heavy atom. The molecule has 2 aliphatic rings. The highest BCUT2D eigenvalue weighted by Crippen LogP contribution is 2.19. The average Bonchev–Trinajstić information content (AvgIpc) is 3.04. The first-order chi connectivity index (χ1) is 13.7. The van der Waals surface area contributed by atoms with Gasteiger partial charge in [0.2, 0.25) is 5.78 Å². The second-order valence-corrected chi connectivity index (χ2v) is 7.52. The van der Waals surface area contributed by atoms with Gasteiger partial charge in [0, 0.05) is 45.0 Å². The Hall–Kier alpha value is -2.87. The summed E-state index contributed by atoms with van der Waals surface area (Å²) in [5.41, 5.74) is 4.69. The molecule has 0 fully saturated rings. The zero-order chi connectivity index (χ0) is 19.1. The standard InChI is InChI=1S/C20H23N7O/c1-13-17(27-9-4-8-22-20(27)23-13)12-26-10-6-15-14(11-26)19(28)25-18(24-15)16-5-2-3-7-21-16/h4,8-9H,2-3,5-7,10-12H2,1H3,(H,24,25,28). The summed E-state index contributed by atoms with van der Waals surface area (Å²) in [6.07, 6.45) is 7.64.